The molecule has 3 rings (SSSR count). The summed E-state index contributed by atoms with van der Waals surface area (Å²) in [5.74, 6) is 1.50. The summed E-state index contributed by atoms with van der Waals surface area (Å²) in [4.78, 5) is 4.36. The van der Waals surface area contributed by atoms with E-state index in [0.717, 1.165) is 22.8 Å². The molecule has 6 nitrogen and oxygen atoms in total. The van der Waals surface area contributed by atoms with Crippen molar-refractivity contribution in [3.63, 3.8) is 0 Å². The second kappa shape index (κ2) is 4.93. The first kappa shape index (κ1) is 11.5. The molecule has 96 valence electrons. The predicted molar refractivity (Wildman–Crippen MR) is 72.5 cm³/mol. The van der Waals surface area contributed by atoms with Gasteiger partial charge in [0.05, 0.1) is 12.2 Å². The molecule has 0 saturated carbocycles. The molecule has 0 fully saturated rings. The van der Waals surface area contributed by atoms with E-state index in [1.54, 1.807) is 6.20 Å². The molecule has 0 amide bonds. The number of aryl methyl sites for hydroxylation is 1. The number of anilines is 1. The van der Waals surface area contributed by atoms with Crippen LogP contribution in [0.1, 0.15) is 11.5 Å². The number of aromatic nitrogens is 5. The minimum Gasteiger partial charge on any atom is -0.379 e. The molecule has 0 saturated heterocycles. The summed E-state index contributed by atoms with van der Waals surface area (Å²) < 4.78 is 0. The largest absolute Gasteiger partial charge is 0.379 e. The summed E-state index contributed by atoms with van der Waals surface area (Å²) in [6.07, 6.45) is 1.74. The summed E-state index contributed by atoms with van der Waals surface area (Å²) in [6.45, 7) is 2.57. The van der Waals surface area contributed by atoms with Crippen molar-refractivity contribution in [3.05, 3.63) is 48.0 Å². The molecular formula is C13H14N6. The molecule has 0 atom stereocenters. The van der Waals surface area contributed by atoms with Crippen LogP contribution in [0.15, 0.2) is 36.5 Å². The lowest BCUT2D eigenvalue weighted by molar-refractivity contribution is 0.981. The first-order valence-corrected chi connectivity index (χ1v) is 6.03. The Morgan fingerprint density at radius 1 is 1.16 bits per heavy atom. The Labute approximate surface area is 110 Å². The van der Waals surface area contributed by atoms with Gasteiger partial charge in [-0.2, -0.15) is 10.2 Å². The average Bonchev–Trinajstić information content (AvgIpc) is 3.08. The molecule has 0 spiro atoms. The number of hydrogen-bond donors (Lipinski definition) is 3. The maximum absolute atomic E-state index is 4.36. The van der Waals surface area contributed by atoms with E-state index in [1.165, 1.54) is 0 Å². The van der Waals surface area contributed by atoms with E-state index in [2.05, 4.69) is 30.7 Å². The van der Waals surface area contributed by atoms with Crippen molar-refractivity contribution in [2.45, 2.75) is 13.5 Å². The number of benzene rings is 1. The van der Waals surface area contributed by atoms with Crippen molar-refractivity contribution in [1.29, 1.82) is 0 Å². The summed E-state index contributed by atoms with van der Waals surface area (Å²) in [6, 6.07) is 9.91. The van der Waals surface area contributed by atoms with Gasteiger partial charge >= 0.3 is 0 Å². The minimum absolute atomic E-state index is 0.681. The van der Waals surface area contributed by atoms with Crippen molar-refractivity contribution in [1.82, 2.24) is 25.4 Å². The van der Waals surface area contributed by atoms with Gasteiger partial charge in [-0.15, -0.1) is 0 Å². The Balaban J connectivity index is 1.85. The zero-order valence-corrected chi connectivity index (χ0v) is 10.5. The van der Waals surface area contributed by atoms with Crippen molar-refractivity contribution < 1.29 is 0 Å². The molecule has 0 aliphatic rings. The third-order valence-corrected chi connectivity index (χ3v) is 2.79. The predicted octanol–water partition coefficient (Wildman–Crippen LogP) is 2.12. The van der Waals surface area contributed by atoms with Crippen LogP contribution in [0.2, 0.25) is 0 Å². The Hall–Kier alpha value is -2.63. The van der Waals surface area contributed by atoms with E-state index in [-0.39, 0.29) is 0 Å². The van der Waals surface area contributed by atoms with Gasteiger partial charge in [0.25, 0.3) is 0 Å². The highest BCUT2D eigenvalue weighted by atomic mass is 15.2. The number of rotatable bonds is 4. The maximum atomic E-state index is 4.36. The molecule has 0 bridgehead atoms. The van der Waals surface area contributed by atoms with E-state index in [0.29, 0.717) is 12.4 Å². The summed E-state index contributed by atoms with van der Waals surface area (Å²) in [7, 11) is 0. The lowest BCUT2D eigenvalue weighted by Crippen LogP contribution is -2.01. The highest BCUT2D eigenvalue weighted by Crippen LogP contribution is 2.24. The lowest BCUT2D eigenvalue weighted by Gasteiger charge is -2.08. The molecule has 6 heteroatoms. The number of para-hydroxylation sites is 1. The summed E-state index contributed by atoms with van der Waals surface area (Å²) >= 11 is 0. The third kappa shape index (κ3) is 2.47. The second-order valence-electron chi connectivity index (χ2n) is 4.23. The summed E-state index contributed by atoms with van der Waals surface area (Å²) in [5.41, 5.74) is 3.00. The molecule has 19 heavy (non-hydrogen) atoms. The van der Waals surface area contributed by atoms with Crippen LogP contribution in [0.25, 0.3) is 11.4 Å². The molecule has 2 heterocycles. The monoisotopic (exact) mass is 254 g/mol. The first-order valence-electron chi connectivity index (χ1n) is 6.03. The van der Waals surface area contributed by atoms with E-state index in [4.69, 9.17) is 0 Å². The van der Waals surface area contributed by atoms with Gasteiger partial charge in [-0.3, -0.25) is 10.2 Å². The van der Waals surface area contributed by atoms with E-state index < -0.39 is 0 Å². The molecule has 0 aliphatic heterocycles. The molecule has 3 N–H and O–H groups in total. The van der Waals surface area contributed by atoms with Crippen LogP contribution in [-0.4, -0.2) is 25.4 Å². The Bertz CT molecular complexity index is 655. The second-order valence-corrected chi connectivity index (χ2v) is 4.23. The fourth-order valence-corrected chi connectivity index (χ4v) is 1.87. The van der Waals surface area contributed by atoms with Crippen LogP contribution in [-0.2, 0) is 6.54 Å². The van der Waals surface area contributed by atoms with Gasteiger partial charge in [-0.25, -0.2) is 4.98 Å². The van der Waals surface area contributed by atoms with Crippen LogP contribution < -0.4 is 5.32 Å². The average molecular weight is 254 g/mol. The lowest BCUT2D eigenvalue weighted by atomic mass is 10.1. The Kier molecular flexibility index (Phi) is 2.97. The van der Waals surface area contributed by atoms with Crippen molar-refractivity contribution >= 4 is 5.69 Å². The van der Waals surface area contributed by atoms with Gasteiger partial charge in [0, 0.05) is 17.4 Å². The van der Waals surface area contributed by atoms with Gasteiger partial charge in [-0.1, -0.05) is 12.1 Å². The topological polar surface area (TPSA) is 82.3 Å². The summed E-state index contributed by atoms with van der Waals surface area (Å²) in [5, 5.41) is 17.3. The van der Waals surface area contributed by atoms with Gasteiger partial charge in [0.2, 0.25) is 0 Å². The zero-order chi connectivity index (χ0) is 13.1. The SMILES string of the molecule is Cc1nc(-c2ccccc2NCc2ccn[nH]2)n[nH]1. The minimum atomic E-state index is 0.681. The fourth-order valence-electron chi connectivity index (χ4n) is 1.87. The van der Waals surface area contributed by atoms with Crippen LogP contribution in [0.4, 0.5) is 5.69 Å². The van der Waals surface area contributed by atoms with Crippen LogP contribution in [0, 0.1) is 6.92 Å². The standard InChI is InChI=1S/C13H14N6/c1-9-16-13(19-17-9)11-4-2-3-5-12(11)14-8-10-6-7-15-18-10/h2-7,14H,8H2,1H3,(H,15,18)(H,16,17,19). The zero-order valence-electron chi connectivity index (χ0n) is 10.5. The molecule has 2 aromatic heterocycles. The number of hydrogen-bond acceptors (Lipinski definition) is 4. The van der Waals surface area contributed by atoms with Crippen LogP contribution in [0.5, 0.6) is 0 Å². The molecular weight excluding hydrogens is 240 g/mol. The molecule has 1 aromatic carbocycles. The number of aromatic amines is 2. The normalized spacial score (nSPS) is 10.6. The smallest absolute Gasteiger partial charge is 0.183 e. The van der Waals surface area contributed by atoms with E-state index in [1.807, 2.05) is 37.3 Å². The van der Waals surface area contributed by atoms with Crippen molar-refractivity contribution in [2.24, 2.45) is 0 Å². The van der Waals surface area contributed by atoms with Gasteiger partial charge in [-0.05, 0) is 25.1 Å². The number of H-pyrrole nitrogens is 2. The van der Waals surface area contributed by atoms with E-state index >= 15 is 0 Å². The molecule has 0 aliphatic carbocycles. The van der Waals surface area contributed by atoms with Crippen molar-refractivity contribution in [2.75, 3.05) is 5.32 Å². The van der Waals surface area contributed by atoms with Gasteiger partial charge in [0.15, 0.2) is 5.82 Å². The molecule has 0 unspecified atom stereocenters. The maximum Gasteiger partial charge on any atom is 0.183 e. The first-order chi connectivity index (χ1) is 9.33. The van der Waals surface area contributed by atoms with Gasteiger partial charge < -0.3 is 5.32 Å². The van der Waals surface area contributed by atoms with Gasteiger partial charge in [0.1, 0.15) is 5.82 Å². The fraction of sp³-hybridized carbons (Fsp3) is 0.154. The molecule has 0 radical (unpaired) electrons. The van der Waals surface area contributed by atoms with Crippen LogP contribution >= 0.6 is 0 Å². The van der Waals surface area contributed by atoms with Crippen molar-refractivity contribution in [3.8, 4) is 11.4 Å². The number of nitrogens with zero attached hydrogens (tertiary/aromatic N) is 3. The molecule has 3 aromatic rings. The highest BCUT2D eigenvalue weighted by Gasteiger charge is 2.08. The van der Waals surface area contributed by atoms with Crippen LogP contribution in [0.3, 0.4) is 0 Å². The Morgan fingerprint density at radius 2 is 2.05 bits per heavy atom. The quantitative estimate of drug-likeness (QED) is 0.666. The number of nitrogens with one attached hydrogen (secondary N) is 3. The highest BCUT2D eigenvalue weighted by molar-refractivity contribution is 5.73. The Morgan fingerprint density at radius 3 is 2.79 bits per heavy atom. The third-order valence-electron chi connectivity index (χ3n) is 2.79. The van der Waals surface area contributed by atoms with E-state index in [9.17, 15) is 0 Å².